The minimum atomic E-state index is 0.697. The number of nitrogens with zero attached hydrogens (tertiary/aromatic N) is 3. The van der Waals surface area contributed by atoms with Crippen molar-refractivity contribution in [1.29, 1.82) is 0 Å². The van der Waals surface area contributed by atoms with Crippen LogP contribution < -0.4 is 9.47 Å². The Hall–Kier alpha value is -4.12. The van der Waals surface area contributed by atoms with E-state index >= 15 is 0 Å². The summed E-state index contributed by atoms with van der Waals surface area (Å²) in [5, 5.41) is 1.05. The van der Waals surface area contributed by atoms with Crippen molar-refractivity contribution in [2.24, 2.45) is 0 Å². The first-order chi connectivity index (χ1) is 15.7. The van der Waals surface area contributed by atoms with Crippen LogP contribution in [0, 0.1) is 0 Å². The molecule has 0 fully saturated rings. The molecule has 5 heteroatoms. The molecule has 0 saturated heterocycles. The van der Waals surface area contributed by atoms with E-state index in [1.807, 2.05) is 36.4 Å². The van der Waals surface area contributed by atoms with Crippen LogP contribution >= 0.6 is 0 Å². The van der Waals surface area contributed by atoms with E-state index in [1.54, 1.807) is 14.2 Å². The van der Waals surface area contributed by atoms with Gasteiger partial charge in [0.15, 0.2) is 5.82 Å². The standard InChI is InChI=1S/C27H21N3O2/c1-31-20-11-7-17(8-12-20)25-23-15-24-22-6-4-3-5-19(22)16-30(24)27(23)29-26(28-25)18-9-13-21(32-2)14-10-18/h3-15H,16H2,1-2H3. The molecule has 156 valence electrons. The number of aromatic nitrogens is 3. The molecule has 0 atom stereocenters. The Kier molecular flexibility index (Phi) is 4.21. The largest absolute Gasteiger partial charge is 0.497 e. The van der Waals surface area contributed by atoms with Crippen molar-refractivity contribution in [2.75, 3.05) is 14.2 Å². The first kappa shape index (κ1) is 18.6. The van der Waals surface area contributed by atoms with Gasteiger partial charge in [-0.1, -0.05) is 24.3 Å². The third-order valence-electron chi connectivity index (χ3n) is 6.09. The fourth-order valence-electron chi connectivity index (χ4n) is 4.42. The number of rotatable bonds is 4. The van der Waals surface area contributed by atoms with Crippen LogP contribution in [-0.2, 0) is 6.54 Å². The molecule has 1 aliphatic heterocycles. The zero-order valence-electron chi connectivity index (χ0n) is 17.9. The maximum Gasteiger partial charge on any atom is 0.162 e. The Bertz CT molecular complexity index is 1450. The SMILES string of the molecule is COc1ccc(-c2nc(-c3ccc(OC)cc3)c3cc4n(c3n2)Cc2ccccc2-4)cc1. The lowest BCUT2D eigenvalue weighted by Crippen LogP contribution is -1.99. The average Bonchev–Trinajstić information content (AvgIpc) is 3.40. The van der Waals surface area contributed by atoms with Crippen molar-refractivity contribution in [3.05, 3.63) is 84.4 Å². The second-order valence-electron chi connectivity index (χ2n) is 7.86. The van der Waals surface area contributed by atoms with E-state index < -0.39 is 0 Å². The molecule has 0 aliphatic carbocycles. The molecule has 0 amide bonds. The summed E-state index contributed by atoms with van der Waals surface area (Å²) in [5.74, 6) is 2.33. The maximum absolute atomic E-state index is 5.35. The predicted octanol–water partition coefficient (Wildman–Crippen LogP) is 5.81. The lowest BCUT2D eigenvalue weighted by Gasteiger charge is -2.10. The summed E-state index contributed by atoms with van der Waals surface area (Å²) >= 11 is 0. The van der Waals surface area contributed by atoms with Gasteiger partial charge in [0.2, 0.25) is 0 Å². The summed E-state index contributed by atoms with van der Waals surface area (Å²) in [6, 6.07) is 26.7. The average molecular weight is 419 g/mol. The van der Waals surface area contributed by atoms with Gasteiger partial charge < -0.3 is 14.0 Å². The van der Waals surface area contributed by atoms with Gasteiger partial charge in [0.1, 0.15) is 17.1 Å². The van der Waals surface area contributed by atoms with Crippen molar-refractivity contribution in [3.8, 4) is 45.4 Å². The van der Waals surface area contributed by atoms with Crippen molar-refractivity contribution >= 4 is 11.0 Å². The summed E-state index contributed by atoms with van der Waals surface area (Å²) in [4.78, 5) is 10.0. The third-order valence-corrected chi connectivity index (χ3v) is 6.09. The highest BCUT2D eigenvalue weighted by atomic mass is 16.5. The van der Waals surface area contributed by atoms with E-state index in [-0.39, 0.29) is 0 Å². The highest BCUT2D eigenvalue weighted by molar-refractivity contribution is 5.97. The van der Waals surface area contributed by atoms with Gasteiger partial charge in [-0.05, 0) is 60.2 Å². The smallest absolute Gasteiger partial charge is 0.162 e. The van der Waals surface area contributed by atoms with Crippen molar-refractivity contribution in [1.82, 2.24) is 14.5 Å². The predicted molar refractivity (Wildman–Crippen MR) is 126 cm³/mol. The molecule has 1 aliphatic rings. The summed E-state index contributed by atoms with van der Waals surface area (Å²) in [7, 11) is 3.34. The van der Waals surface area contributed by atoms with E-state index in [2.05, 4.69) is 47.0 Å². The molecule has 0 bridgehead atoms. The molecule has 6 rings (SSSR count). The quantitative estimate of drug-likeness (QED) is 0.362. The highest BCUT2D eigenvalue weighted by Crippen LogP contribution is 2.40. The molecule has 0 unspecified atom stereocenters. The second kappa shape index (κ2) is 7.24. The van der Waals surface area contributed by atoms with E-state index in [1.165, 1.54) is 16.8 Å². The van der Waals surface area contributed by atoms with Gasteiger partial charge in [-0.3, -0.25) is 0 Å². The Morgan fingerprint density at radius 2 is 1.41 bits per heavy atom. The van der Waals surface area contributed by atoms with Crippen LogP contribution in [0.2, 0.25) is 0 Å². The molecule has 0 saturated carbocycles. The topological polar surface area (TPSA) is 49.2 Å². The van der Waals surface area contributed by atoms with E-state index in [0.717, 1.165) is 45.9 Å². The molecule has 5 nitrogen and oxygen atoms in total. The molecule has 2 aromatic heterocycles. The van der Waals surface area contributed by atoms with Crippen LogP contribution in [0.15, 0.2) is 78.9 Å². The normalized spacial score (nSPS) is 11.9. The van der Waals surface area contributed by atoms with Gasteiger partial charge in [-0.15, -0.1) is 0 Å². The van der Waals surface area contributed by atoms with E-state index in [0.29, 0.717) is 5.82 Å². The van der Waals surface area contributed by atoms with E-state index in [9.17, 15) is 0 Å². The Labute approximate surface area is 185 Å². The molecule has 0 spiro atoms. The molecular weight excluding hydrogens is 398 g/mol. The first-order valence-corrected chi connectivity index (χ1v) is 10.5. The molecule has 3 aromatic carbocycles. The van der Waals surface area contributed by atoms with Gasteiger partial charge >= 0.3 is 0 Å². The van der Waals surface area contributed by atoms with Crippen LogP contribution in [0.4, 0.5) is 0 Å². The number of ether oxygens (including phenoxy) is 2. The lowest BCUT2D eigenvalue weighted by atomic mass is 10.0. The van der Waals surface area contributed by atoms with Crippen molar-refractivity contribution in [3.63, 3.8) is 0 Å². The number of hydrogen-bond donors (Lipinski definition) is 0. The summed E-state index contributed by atoms with van der Waals surface area (Å²) in [5.41, 5.74) is 7.62. The van der Waals surface area contributed by atoms with Gasteiger partial charge in [0, 0.05) is 22.1 Å². The van der Waals surface area contributed by atoms with Crippen molar-refractivity contribution < 1.29 is 9.47 Å². The fraction of sp³-hybridized carbons (Fsp3) is 0.111. The lowest BCUT2D eigenvalue weighted by molar-refractivity contribution is 0.415. The molecular formula is C27H21N3O2. The van der Waals surface area contributed by atoms with Gasteiger partial charge in [0.25, 0.3) is 0 Å². The molecule has 0 N–H and O–H groups in total. The summed E-state index contributed by atoms with van der Waals surface area (Å²) < 4.78 is 13.0. The number of fused-ring (bicyclic) bond motifs is 5. The molecule has 0 radical (unpaired) electrons. The van der Waals surface area contributed by atoms with Crippen LogP contribution in [0.1, 0.15) is 5.56 Å². The number of hydrogen-bond acceptors (Lipinski definition) is 4. The first-order valence-electron chi connectivity index (χ1n) is 10.5. The summed E-state index contributed by atoms with van der Waals surface area (Å²) in [6.07, 6.45) is 0. The zero-order chi connectivity index (χ0) is 21.7. The maximum atomic E-state index is 5.35. The van der Waals surface area contributed by atoms with Crippen LogP contribution in [0.25, 0.3) is 44.9 Å². The Morgan fingerprint density at radius 3 is 2.09 bits per heavy atom. The number of benzene rings is 3. The second-order valence-corrected chi connectivity index (χ2v) is 7.86. The van der Waals surface area contributed by atoms with Crippen LogP contribution in [-0.4, -0.2) is 28.8 Å². The molecule has 3 heterocycles. The minimum absolute atomic E-state index is 0.697. The zero-order valence-corrected chi connectivity index (χ0v) is 17.9. The van der Waals surface area contributed by atoms with Crippen LogP contribution in [0.3, 0.4) is 0 Å². The monoisotopic (exact) mass is 419 g/mol. The Balaban J connectivity index is 1.60. The van der Waals surface area contributed by atoms with E-state index in [4.69, 9.17) is 19.4 Å². The highest BCUT2D eigenvalue weighted by Gasteiger charge is 2.24. The molecule has 32 heavy (non-hydrogen) atoms. The van der Waals surface area contributed by atoms with Gasteiger partial charge in [-0.25, -0.2) is 9.97 Å². The summed E-state index contributed by atoms with van der Waals surface area (Å²) in [6.45, 7) is 0.816. The van der Waals surface area contributed by atoms with Crippen molar-refractivity contribution in [2.45, 2.75) is 6.54 Å². The van der Waals surface area contributed by atoms with Gasteiger partial charge in [0.05, 0.1) is 32.2 Å². The third kappa shape index (κ3) is 2.86. The van der Waals surface area contributed by atoms with Crippen LogP contribution in [0.5, 0.6) is 11.5 Å². The fourth-order valence-corrected chi connectivity index (χ4v) is 4.42. The minimum Gasteiger partial charge on any atom is -0.497 e. The van der Waals surface area contributed by atoms with Gasteiger partial charge in [-0.2, -0.15) is 0 Å². The Morgan fingerprint density at radius 1 is 0.750 bits per heavy atom. The molecule has 5 aromatic rings. The number of methoxy groups -OCH3 is 2.